The molecule has 1 N–H and O–H groups in total. The van der Waals surface area contributed by atoms with E-state index in [2.05, 4.69) is 10.3 Å². The van der Waals surface area contributed by atoms with Crippen LogP contribution in [0.4, 0.5) is 9.59 Å². The number of piperazine rings is 1. The molecule has 3 amide bonds. The van der Waals surface area contributed by atoms with Crippen molar-refractivity contribution in [2.45, 2.75) is 13.5 Å². The summed E-state index contributed by atoms with van der Waals surface area (Å²) in [5, 5.41) is 2.86. The number of rotatable bonds is 3. The minimum atomic E-state index is -0.311. The number of nitrogens with zero attached hydrogens (tertiary/aromatic N) is 3. The smallest absolute Gasteiger partial charge is 0.409 e. The van der Waals surface area contributed by atoms with Crippen molar-refractivity contribution in [3.63, 3.8) is 0 Å². The lowest BCUT2D eigenvalue weighted by Crippen LogP contribution is -2.53. The molecular weight excluding hydrogens is 272 g/mol. The Morgan fingerprint density at radius 2 is 1.81 bits per heavy atom. The van der Waals surface area contributed by atoms with Crippen molar-refractivity contribution < 1.29 is 14.3 Å². The highest BCUT2D eigenvalue weighted by molar-refractivity contribution is 5.75. The molecule has 1 aromatic heterocycles. The maximum Gasteiger partial charge on any atom is 0.409 e. The van der Waals surface area contributed by atoms with E-state index in [1.54, 1.807) is 29.1 Å². The highest BCUT2D eigenvalue weighted by atomic mass is 16.6. The number of nitrogens with one attached hydrogen (secondary N) is 1. The number of aromatic nitrogens is 1. The van der Waals surface area contributed by atoms with E-state index < -0.39 is 0 Å². The van der Waals surface area contributed by atoms with Crippen LogP contribution >= 0.6 is 0 Å². The molecule has 1 fully saturated rings. The minimum Gasteiger partial charge on any atom is -0.450 e. The lowest BCUT2D eigenvalue weighted by molar-refractivity contribution is 0.0851. The Kier molecular flexibility index (Phi) is 5.36. The van der Waals surface area contributed by atoms with E-state index in [9.17, 15) is 9.59 Å². The average Bonchev–Trinajstić information content (AvgIpc) is 2.54. The summed E-state index contributed by atoms with van der Waals surface area (Å²) in [4.78, 5) is 30.9. The van der Waals surface area contributed by atoms with Crippen LogP contribution in [0.15, 0.2) is 24.5 Å². The van der Waals surface area contributed by atoms with E-state index in [0.717, 1.165) is 5.56 Å². The lowest BCUT2D eigenvalue weighted by atomic mass is 10.3. The maximum atomic E-state index is 12.0. The third-order valence-electron chi connectivity index (χ3n) is 3.29. The summed E-state index contributed by atoms with van der Waals surface area (Å²) in [6.07, 6.45) is 3.08. The van der Waals surface area contributed by atoms with Crippen molar-refractivity contribution in [2.24, 2.45) is 0 Å². The monoisotopic (exact) mass is 292 g/mol. The fraction of sp³-hybridized carbons (Fsp3) is 0.500. The zero-order chi connectivity index (χ0) is 15.1. The van der Waals surface area contributed by atoms with Crippen molar-refractivity contribution >= 4 is 12.1 Å². The summed E-state index contributed by atoms with van der Waals surface area (Å²) in [5.41, 5.74) is 1.00. The topological polar surface area (TPSA) is 74.8 Å². The van der Waals surface area contributed by atoms with Crippen LogP contribution < -0.4 is 5.32 Å². The van der Waals surface area contributed by atoms with Gasteiger partial charge in [0, 0.05) is 45.1 Å². The van der Waals surface area contributed by atoms with Crippen LogP contribution in [0.2, 0.25) is 0 Å². The highest BCUT2D eigenvalue weighted by Crippen LogP contribution is 2.04. The molecule has 2 heterocycles. The number of amides is 3. The summed E-state index contributed by atoms with van der Waals surface area (Å²) in [7, 11) is 0. The molecule has 2 rings (SSSR count). The third kappa shape index (κ3) is 4.34. The number of ether oxygens (including phenoxy) is 1. The molecule has 0 aromatic carbocycles. The summed E-state index contributed by atoms with van der Waals surface area (Å²) in [5.74, 6) is 0. The molecule has 1 saturated heterocycles. The van der Waals surface area contributed by atoms with E-state index in [-0.39, 0.29) is 12.1 Å². The quantitative estimate of drug-likeness (QED) is 0.904. The van der Waals surface area contributed by atoms with Gasteiger partial charge in [0.25, 0.3) is 0 Å². The molecule has 114 valence electrons. The third-order valence-corrected chi connectivity index (χ3v) is 3.29. The van der Waals surface area contributed by atoms with Crippen LogP contribution in [0.25, 0.3) is 0 Å². The van der Waals surface area contributed by atoms with Gasteiger partial charge in [-0.25, -0.2) is 9.59 Å². The van der Waals surface area contributed by atoms with Crippen LogP contribution in [0, 0.1) is 0 Å². The Labute approximate surface area is 123 Å². The number of urea groups is 1. The predicted molar refractivity (Wildman–Crippen MR) is 76.6 cm³/mol. The Morgan fingerprint density at radius 3 is 2.43 bits per heavy atom. The molecule has 0 unspecified atom stereocenters. The van der Waals surface area contributed by atoms with Crippen LogP contribution in [0.5, 0.6) is 0 Å². The van der Waals surface area contributed by atoms with Crippen molar-refractivity contribution in [3.05, 3.63) is 30.1 Å². The van der Waals surface area contributed by atoms with Crippen LogP contribution in [0.1, 0.15) is 12.5 Å². The number of hydrogen-bond donors (Lipinski definition) is 1. The van der Waals surface area contributed by atoms with Gasteiger partial charge in [-0.1, -0.05) is 0 Å². The zero-order valence-corrected chi connectivity index (χ0v) is 12.1. The van der Waals surface area contributed by atoms with E-state index in [0.29, 0.717) is 39.3 Å². The molecule has 1 aliphatic rings. The summed E-state index contributed by atoms with van der Waals surface area (Å²) >= 11 is 0. The first-order chi connectivity index (χ1) is 10.2. The standard InChI is InChI=1S/C14H20N4O3/c1-2-21-14(20)18-9-7-17(8-10-18)13(19)16-11-12-3-5-15-6-4-12/h3-6H,2,7-11H2,1H3,(H,16,19). The second-order valence-electron chi connectivity index (χ2n) is 4.69. The fourth-order valence-corrected chi connectivity index (χ4v) is 2.10. The highest BCUT2D eigenvalue weighted by Gasteiger charge is 2.24. The van der Waals surface area contributed by atoms with Gasteiger partial charge in [0.05, 0.1) is 6.61 Å². The van der Waals surface area contributed by atoms with Gasteiger partial charge < -0.3 is 19.9 Å². The fourth-order valence-electron chi connectivity index (χ4n) is 2.10. The predicted octanol–water partition coefficient (Wildman–Crippen LogP) is 1.07. The molecule has 0 spiro atoms. The summed E-state index contributed by atoms with van der Waals surface area (Å²) < 4.78 is 4.94. The minimum absolute atomic E-state index is 0.115. The molecule has 0 radical (unpaired) electrons. The molecule has 7 nitrogen and oxygen atoms in total. The molecule has 0 saturated carbocycles. The first kappa shape index (κ1) is 15.1. The van der Waals surface area contributed by atoms with Gasteiger partial charge in [-0.15, -0.1) is 0 Å². The SMILES string of the molecule is CCOC(=O)N1CCN(C(=O)NCc2ccncc2)CC1. The summed E-state index contributed by atoms with van der Waals surface area (Å²) in [6, 6.07) is 3.60. The molecule has 0 atom stereocenters. The largest absolute Gasteiger partial charge is 0.450 e. The zero-order valence-electron chi connectivity index (χ0n) is 12.1. The van der Waals surface area contributed by atoms with Gasteiger partial charge >= 0.3 is 12.1 Å². The Balaban J connectivity index is 1.74. The summed E-state index contributed by atoms with van der Waals surface area (Å²) in [6.45, 7) is 4.65. The van der Waals surface area contributed by atoms with Crippen molar-refractivity contribution in [1.82, 2.24) is 20.1 Å². The van der Waals surface area contributed by atoms with Gasteiger partial charge in [-0.3, -0.25) is 4.98 Å². The number of carbonyl (C=O) groups excluding carboxylic acids is 2. The first-order valence-corrected chi connectivity index (χ1v) is 7.04. The van der Waals surface area contributed by atoms with Crippen LogP contribution in [0.3, 0.4) is 0 Å². The molecule has 1 aromatic rings. The second-order valence-corrected chi connectivity index (χ2v) is 4.69. The normalized spacial score (nSPS) is 14.7. The molecular formula is C14H20N4O3. The van der Waals surface area contributed by atoms with E-state index in [1.807, 2.05) is 12.1 Å². The molecule has 1 aliphatic heterocycles. The number of hydrogen-bond acceptors (Lipinski definition) is 4. The average molecular weight is 292 g/mol. The Morgan fingerprint density at radius 1 is 1.19 bits per heavy atom. The van der Waals surface area contributed by atoms with E-state index in [1.165, 1.54) is 0 Å². The molecule has 21 heavy (non-hydrogen) atoms. The van der Waals surface area contributed by atoms with Gasteiger partial charge in [-0.2, -0.15) is 0 Å². The van der Waals surface area contributed by atoms with Gasteiger partial charge in [0.2, 0.25) is 0 Å². The van der Waals surface area contributed by atoms with Gasteiger partial charge in [-0.05, 0) is 24.6 Å². The Bertz CT molecular complexity index is 472. The van der Waals surface area contributed by atoms with Gasteiger partial charge in [0.15, 0.2) is 0 Å². The lowest BCUT2D eigenvalue weighted by Gasteiger charge is -2.34. The van der Waals surface area contributed by atoms with Crippen molar-refractivity contribution in [1.29, 1.82) is 0 Å². The van der Waals surface area contributed by atoms with Gasteiger partial charge in [0.1, 0.15) is 0 Å². The Hall–Kier alpha value is -2.31. The van der Waals surface area contributed by atoms with Crippen molar-refractivity contribution in [2.75, 3.05) is 32.8 Å². The molecule has 0 aliphatic carbocycles. The number of carbonyl (C=O) groups is 2. The molecule has 0 bridgehead atoms. The second kappa shape index (κ2) is 7.47. The van der Waals surface area contributed by atoms with E-state index in [4.69, 9.17) is 4.74 Å². The van der Waals surface area contributed by atoms with Crippen LogP contribution in [-0.4, -0.2) is 59.7 Å². The van der Waals surface area contributed by atoms with Crippen LogP contribution in [-0.2, 0) is 11.3 Å². The first-order valence-electron chi connectivity index (χ1n) is 7.04. The number of pyridine rings is 1. The maximum absolute atomic E-state index is 12.0. The van der Waals surface area contributed by atoms with E-state index >= 15 is 0 Å². The molecule has 7 heteroatoms. The van der Waals surface area contributed by atoms with Crippen molar-refractivity contribution in [3.8, 4) is 0 Å².